The van der Waals surface area contributed by atoms with Gasteiger partial charge in [-0.1, -0.05) is 30.3 Å². The molecule has 0 bridgehead atoms. The maximum Gasteiger partial charge on any atom is 0.293 e. The molecule has 3 aromatic rings. The number of aromatic nitrogens is 2. The number of carbonyl (C=O) groups is 3. The summed E-state index contributed by atoms with van der Waals surface area (Å²) in [7, 11) is 0. The van der Waals surface area contributed by atoms with E-state index in [0.29, 0.717) is 11.0 Å². The van der Waals surface area contributed by atoms with Crippen molar-refractivity contribution in [2.45, 2.75) is 0 Å². The molecule has 1 aromatic heterocycles. The van der Waals surface area contributed by atoms with E-state index in [9.17, 15) is 18.8 Å². The predicted molar refractivity (Wildman–Crippen MR) is 111 cm³/mol. The first-order valence-corrected chi connectivity index (χ1v) is 9.84. The van der Waals surface area contributed by atoms with E-state index in [0.717, 1.165) is 16.7 Å². The number of carbonyl (C=O) groups excluding carboxylic acids is 3. The van der Waals surface area contributed by atoms with Crippen molar-refractivity contribution in [2.75, 3.05) is 13.1 Å². The fraction of sp³-hybridized carbons (Fsp3) is 0.0952. The summed E-state index contributed by atoms with van der Waals surface area (Å²) in [6, 6.07) is 13.2. The molecular formula is C21H15FN4O3S. The third kappa shape index (κ3) is 4.06. The van der Waals surface area contributed by atoms with Crippen molar-refractivity contribution in [3.05, 3.63) is 76.7 Å². The molecule has 2 heterocycles. The average molecular weight is 422 g/mol. The second-order valence-corrected chi connectivity index (χ2v) is 7.35. The topological polar surface area (TPSA) is 92.3 Å². The van der Waals surface area contributed by atoms with Gasteiger partial charge in [-0.25, -0.2) is 9.37 Å². The van der Waals surface area contributed by atoms with Crippen molar-refractivity contribution in [1.29, 1.82) is 0 Å². The smallest absolute Gasteiger partial charge is 0.293 e. The maximum atomic E-state index is 13.8. The van der Waals surface area contributed by atoms with Gasteiger partial charge in [-0.3, -0.25) is 24.3 Å². The monoisotopic (exact) mass is 422 g/mol. The fourth-order valence-electron chi connectivity index (χ4n) is 2.86. The summed E-state index contributed by atoms with van der Waals surface area (Å²) in [4.78, 5) is 46.5. The van der Waals surface area contributed by atoms with E-state index < -0.39 is 22.9 Å². The largest absolute Gasteiger partial charge is 0.349 e. The first kappa shape index (κ1) is 19.7. The normalized spacial score (nSPS) is 15.2. The first-order valence-electron chi connectivity index (χ1n) is 9.03. The number of imide groups is 1. The molecule has 3 amide bonds. The molecule has 0 unspecified atom stereocenters. The molecule has 30 heavy (non-hydrogen) atoms. The Balaban J connectivity index is 1.38. The van der Waals surface area contributed by atoms with Gasteiger partial charge in [0.05, 0.1) is 22.1 Å². The minimum atomic E-state index is -0.520. The quantitative estimate of drug-likeness (QED) is 0.635. The first-order chi connectivity index (χ1) is 14.5. The number of para-hydroxylation sites is 2. The minimum absolute atomic E-state index is 0.00791. The molecule has 0 saturated carbocycles. The van der Waals surface area contributed by atoms with Crippen LogP contribution < -0.4 is 5.32 Å². The molecule has 1 fully saturated rings. The van der Waals surface area contributed by atoms with E-state index >= 15 is 0 Å². The molecule has 9 heteroatoms. The van der Waals surface area contributed by atoms with Crippen molar-refractivity contribution in [3.8, 4) is 0 Å². The fourth-order valence-corrected chi connectivity index (χ4v) is 3.72. The maximum absolute atomic E-state index is 13.8. The number of thioether (sulfide) groups is 1. The van der Waals surface area contributed by atoms with Gasteiger partial charge in [0.1, 0.15) is 11.5 Å². The van der Waals surface area contributed by atoms with Gasteiger partial charge in [0, 0.05) is 18.7 Å². The third-order valence-corrected chi connectivity index (χ3v) is 5.27. The highest BCUT2D eigenvalue weighted by atomic mass is 32.2. The number of fused-ring (bicyclic) bond motifs is 1. The van der Waals surface area contributed by atoms with Gasteiger partial charge in [0.25, 0.3) is 17.1 Å². The molecule has 2 aromatic carbocycles. The van der Waals surface area contributed by atoms with Crippen LogP contribution in [0.3, 0.4) is 0 Å². The zero-order valence-electron chi connectivity index (χ0n) is 15.5. The van der Waals surface area contributed by atoms with E-state index in [1.54, 1.807) is 30.3 Å². The second kappa shape index (κ2) is 8.42. The molecule has 0 aliphatic carbocycles. The lowest BCUT2D eigenvalue weighted by atomic mass is 10.2. The summed E-state index contributed by atoms with van der Waals surface area (Å²) in [5.74, 6) is -1.46. The van der Waals surface area contributed by atoms with Gasteiger partial charge in [-0.2, -0.15) is 0 Å². The molecule has 1 saturated heterocycles. The summed E-state index contributed by atoms with van der Waals surface area (Å²) >= 11 is 0.739. The standard InChI is InChI=1S/C21H15FN4O3S/c22-14-6-2-1-5-13(14)11-18-20(28)26(21(29)30-18)10-9-23-19(27)17-12-24-15-7-3-4-8-16(15)25-17/h1-8,11-12H,9-10H2,(H,23,27)/b18-11-. The molecule has 0 radical (unpaired) electrons. The van der Waals surface area contributed by atoms with E-state index in [2.05, 4.69) is 15.3 Å². The molecular weight excluding hydrogens is 407 g/mol. The molecule has 7 nitrogen and oxygen atoms in total. The van der Waals surface area contributed by atoms with E-state index in [1.807, 2.05) is 6.07 Å². The van der Waals surface area contributed by atoms with Crippen molar-refractivity contribution < 1.29 is 18.8 Å². The Morgan fingerprint density at radius 2 is 1.83 bits per heavy atom. The summed E-state index contributed by atoms with van der Waals surface area (Å²) in [6.07, 6.45) is 2.72. The van der Waals surface area contributed by atoms with E-state index in [1.165, 1.54) is 24.4 Å². The number of rotatable bonds is 5. The van der Waals surface area contributed by atoms with Crippen LogP contribution in [0.2, 0.25) is 0 Å². The summed E-state index contributed by atoms with van der Waals surface area (Å²) in [6.45, 7) is 0.0460. The number of nitrogens with zero attached hydrogens (tertiary/aromatic N) is 3. The van der Waals surface area contributed by atoms with Gasteiger partial charge in [-0.15, -0.1) is 0 Å². The van der Waals surface area contributed by atoms with Crippen LogP contribution in [0.1, 0.15) is 16.1 Å². The summed E-state index contributed by atoms with van der Waals surface area (Å²) in [5.41, 5.74) is 1.64. The van der Waals surface area contributed by atoms with Gasteiger partial charge in [0.15, 0.2) is 0 Å². The minimum Gasteiger partial charge on any atom is -0.349 e. The van der Waals surface area contributed by atoms with Crippen LogP contribution >= 0.6 is 11.8 Å². The molecule has 150 valence electrons. The molecule has 1 aliphatic rings. The lowest BCUT2D eigenvalue weighted by Gasteiger charge is -2.12. The van der Waals surface area contributed by atoms with Gasteiger partial charge < -0.3 is 5.32 Å². The van der Waals surface area contributed by atoms with E-state index in [4.69, 9.17) is 0 Å². The number of benzene rings is 2. The highest BCUT2D eigenvalue weighted by molar-refractivity contribution is 8.18. The SMILES string of the molecule is O=C(NCCN1C(=O)S/C(=C\c2ccccc2F)C1=O)c1cnc2ccccc2n1. The molecule has 4 rings (SSSR count). The predicted octanol–water partition coefficient (Wildman–Crippen LogP) is 3.24. The number of nitrogens with one attached hydrogen (secondary N) is 1. The van der Waals surface area contributed by atoms with Gasteiger partial charge in [0.2, 0.25) is 0 Å². The Labute approximate surface area is 175 Å². The van der Waals surface area contributed by atoms with Crippen molar-refractivity contribution in [1.82, 2.24) is 20.2 Å². The molecule has 1 N–H and O–H groups in total. The van der Waals surface area contributed by atoms with Crippen molar-refractivity contribution in [3.63, 3.8) is 0 Å². The second-order valence-electron chi connectivity index (χ2n) is 6.35. The number of hydrogen-bond donors (Lipinski definition) is 1. The van der Waals surface area contributed by atoms with Crippen LogP contribution in [0.15, 0.2) is 59.6 Å². The number of amides is 3. The third-order valence-electron chi connectivity index (χ3n) is 4.37. The van der Waals surface area contributed by atoms with Crippen LogP contribution in [-0.2, 0) is 4.79 Å². The Morgan fingerprint density at radius 3 is 2.63 bits per heavy atom. The Bertz CT molecular complexity index is 1200. The summed E-state index contributed by atoms with van der Waals surface area (Å²) in [5, 5.41) is 2.16. The lowest BCUT2D eigenvalue weighted by Crippen LogP contribution is -2.37. The van der Waals surface area contributed by atoms with Crippen LogP contribution in [0, 0.1) is 5.82 Å². The van der Waals surface area contributed by atoms with E-state index in [-0.39, 0.29) is 29.3 Å². The zero-order chi connectivity index (χ0) is 21.1. The number of halogens is 1. The number of hydrogen-bond acceptors (Lipinski definition) is 6. The molecule has 0 spiro atoms. The van der Waals surface area contributed by atoms with Crippen LogP contribution in [-0.4, -0.2) is 45.0 Å². The Hall–Kier alpha value is -3.59. The van der Waals surface area contributed by atoms with Crippen LogP contribution in [0.5, 0.6) is 0 Å². The summed E-state index contributed by atoms with van der Waals surface area (Å²) < 4.78 is 13.8. The van der Waals surface area contributed by atoms with Crippen molar-refractivity contribution >= 4 is 45.9 Å². The molecule has 0 atom stereocenters. The van der Waals surface area contributed by atoms with Gasteiger partial charge in [-0.05, 0) is 36.0 Å². The van der Waals surface area contributed by atoms with Gasteiger partial charge >= 0.3 is 0 Å². The molecule has 1 aliphatic heterocycles. The average Bonchev–Trinajstić information content (AvgIpc) is 3.02. The highest BCUT2D eigenvalue weighted by Gasteiger charge is 2.34. The lowest BCUT2D eigenvalue weighted by molar-refractivity contribution is -0.122. The van der Waals surface area contributed by atoms with Crippen LogP contribution in [0.4, 0.5) is 9.18 Å². The van der Waals surface area contributed by atoms with Crippen molar-refractivity contribution in [2.24, 2.45) is 0 Å². The highest BCUT2D eigenvalue weighted by Crippen LogP contribution is 2.32. The Kier molecular flexibility index (Phi) is 5.53. The van der Waals surface area contributed by atoms with Crippen LogP contribution in [0.25, 0.3) is 17.1 Å². The zero-order valence-corrected chi connectivity index (χ0v) is 16.4. The Morgan fingerprint density at radius 1 is 1.10 bits per heavy atom.